The van der Waals surface area contributed by atoms with Crippen molar-refractivity contribution in [1.29, 1.82) is 0 Å². The number of rotatable bonds is 1. The van der Waals surface area contributed by atoms with E-state index in [1.54, 1.807) is 0 Å². The summed E-state index contributed by atoms with van der Waals surface area (Å²) in [6.45, 7) is 0. The van der Waals surface area contributed by atoms with E-state index in [2.05, 4.69) is 9.97 Å². The van der Waals surface area contributed by atoms with Crippen LogP contribution in [0.5, 0.6) is 0 Å². The van der Waals surface area contributed by atoms with Crippen molar-refractivity contribution in [2.24, 2.45) is 0 Å². The molecule has 4 heteroatoms. The Labute approximate surface area is 84.2 Å². The van der Waals surface area contributed by atoms with E-state index in [1.807, 2.05) is 19.0 Å². The SMILES string of the molecule is CN(C)c1nc(N)c2c(n1)CCCC2. The van der Waals surface area contributed by atoms with E-state index in [-0.39, 0.29) is 0 Å². The minimum atomic E-state index is 0.665. The van der Waals surface area contributed by atoms with Crippen LogP contribution in [0.15, 0.2) is 0 Å². The van der Waals surface area contributed by atoms with Gasteiger partial charge in [-0.1, -0.05) is 0 Å². The second-order valence-corrected chi connectivity index (χ2v) is 3.94. The molecule has 0 aliphatic heterocycles. The molecule has 14 heavy (non-hydrogen) atoms. The molecular weight excluding hydrogens is 176 g/mol. The Balaban J connectivity index is 2.46. The molecular formula is C10H16N4. The number of aromatic nitrogens is 2. The van der Waals surface area contributed by atoms with Crippen molar-refractivity contribution < 1.29 is 0 Å². The van der Waals surface area contributed by atoms with Crippen LogP contribution >= 0.6 is 0 Å². The lowest BCUT2D eigenvalue weighted by molar-refractivity contribution is 0.664. The first kappa shape index (κ1) is 9.24. The number of nitrogens with zero attached hydrogens (tertiary/aromatic N) is 3. The lowest BCUT2D eigenvalue weighted by atomic mass is 9.97. The van der Waals surface area contributed by atoms with Crippen LogP contribution in [0.4, 0.5) is 11.8 Å². The van der Waals surface area contributed by atoms with Gasteiger partial charge in [0.15, 0.2) is 0 Å². The largest absolute Gasteiger partial charge is 0.383 e. The third-order valence-electron chi connectivity index (χ3n) is 2.60. The fraction of sp³-hybridized carbons (Fsp3) is 0.600. The van der Waals surface area contributed by atoms with Gasteiger partial charge in [-0.2, -0.15) is 4.98 Å². The van der Waals surface area contributed by atoms with Gasteiger partial charge < -0.3 is 10.6 Å². The molecule has 76 valence electrons. The van der Waals surface area contributed by atoms with Gasteiger partial charge in [0.1, 0.15) is 5.82 Å². The maximum Gasteiger partial charge on any atom is 0.227 e. The first-order chi connectivity index (χ1) is 6.68. The Kier molecular flexibility index (Phi) is 2.27. The van der Waals surface area contributed by atoms with Crippen LogP contribution in [0.25, 0.3) is 0 Å². The predicted octanol–water partition coefficient (Wildman–Crippen LogP) is 1.00. The standard InChI is InChI=1S/C10H16N4/c1-14(2)10-12-8-6-4-3-5-7(8)9(11)13-10/h3-6H2,1-2H3,(H2,11,12,13). The van der Waals surface area contributed by atoms with Crippen LogP contribution in [-0.4, -0.2) is 24.1 Å². The zero-order valence-electron chi connectivity index (χ0n) is 8.75. The summed E-state index contributed by atoms with van der Waals surface area (Å²) in [5.74, 6) is 1.39. The topological polar surface area (TPSA) is 55.0 Å². The first-order valence-corrected chi connectivity index (χ1v) is 5.01. The molecule has 0 atom stereocenters. The van der Waals surface area contributed by atoms with Gasteiger partial charge in [-0.3, -0.25) is 0 Å². The van der Waals surface area contributed by atoms with E-state index >= 15 is 0 Å². The molecule has 1 aromatic heterocycles. The highest BCUT2D eigenvalue weighted by Gasteiger charge is 2.16. The third kappa shape index (κ3) is 1.52. The zero-order chi connectivity index (χ0) is 10.1. The Hall–Kier alpha value is -1.32. The van der Waals surface area contributed by atoms with E-state index in [1.165, 1.54) is 18.4 Å². The molecule has 2 rings (SSSR count). The molecule has 0 aromatic carbocycles. The first-order valence-electron chi connectivity index (χ1n) is 5.01. The van der Waals surface area contributed by atoms with Crippen LogP contribution in [0, 0.1) is 0 Å². The van der Waals surface area contributed by atoms with Crippen molar-refractivity contribution in [3.05, 3.63) is 11.3 Å². The molecule has 0 spiro atoms. The average molecular weight is 192 g/mol. The van der Waals surface area contributed by atoms with E-state index < -0.39 is 0 Å². The van der Waals surface area contributed by atoms with Crippen LogP contribution in [0.1, 0.15) is 24.1 Å². The zero-order valence-corrected chi connectivity index (χ0v) is 8.75. The highest BCUT2D eigenvalue weighted by Crippen LogP contribution is 2.25. The summed E-state index contributed by atoms with van der Waals surface area (Å²) >= 11 is 0. The number of hydrogen-bond donors (Lipinski definition) is 1. The van der Waals surface area contributed by atoms with Crippen molar-refractivity contribution in [3.63, 3.8) is 0 Å². The van der Waals surface area contributed by atoms with Crippen molar-refractivity contribution >= 4 is 11.8 Å². The number of nitrogen functional groups attached to an aromatic ring is 1. The van der Waals surface area contributed by atoms with Crippen LogP contribution < -0.4 is 10.6 Å². The normalized spacial score (nSPS) is 15.0. The number of aryl methyl sites for hydroxylation is 1. The Morgan fingerprint density at radius 1 is 1.14 bits per heavy atom. The van der Waals surface area contributed by atoms with E-state index in [0.717, 1.165) is 24.5 Å². The van der Waals surface area contributed by atoms with Crippen molar-refractivity contribution in [2.45, 2.75) is 25.7 Å². The fourth-order valence-electron chi connectivity index (χ4n) is 1.81. The summed E-state index contributed by atoms with van der Waals surface area (Å²) in [6.07, 6.45) is 4.51. The fourth-order valence-corrected chi connectivity index (χ4v) is 1.81. The molecule has 0 radical (unpaired) electrons. The van der Waals surface area contributed by atoms with Gasteiger partial charge in [0.05, 0.1) is 5.69 Å². The molecule has 1 heterocycles. The van der Waals surface area contributed by atoms with Crippen molar-refractivity contribution in [2.75, 3.05) is 24.7 Å². The summed E-state index contributed by atoms with van der Waals surface area (Å²) < 4.78 is 0. The minimum Gasteiger partial charge on any atom is -0.383 e. The molecule has 0 saturated carbocycles. The Bertz CT molecular complexity index is 346. The van der Waals surface area contributed by atoms with Gasteiger partial charge in [-0.25, -0.2) is 4.98 Å². The Morgan fingerprint density at radius 2 is 1.86 bits per heavy atom. The number of nitrogens with two attached hydrogens (primary N) is 1. The van der Waals surface area contributed by atoms with E-state index in [4.69, 9.17) is 5.73 Å². The predicted molar refractivity (Wildman–Crippen MR) is 57.4 cm³/mol. The summed E-state index contributed by atoms with van der Waals surface area (Å²) in [4.78, 5) is 10.7. The second kappa shape index (κ2) is 3.44. The summed E-state index contributed by atoms with van der Waals surface area (Å²) in [6, 6.07) is 0. The summed E-state index contributed by atoms with van der Waals surface area (Å²) in [5.41, 5.74) is 8.22. The quantitative estimate of drug-likeness (QED) is 0.721. The van der Waals surface area contributed by atoms with Gasteiger partial charge in [0, 0.05) is 19.7 Å². The highest BCUT2D eigenvalue weighted by molar-refractivity contribution is 5.48. The Morgan fingerprint density at radius 3 is 2.57 bits per heavy atom. The molecule has 0 saturated heterocycles. The monoisotopic (exact) mass is 192 g/mol. The van der Waals surface area contributed by atoms with Gasteiger partial charge in [0.2, 0.25) is 5.95 Å². The van der Waals surface area contributed by atoms with Crippen LogP contribution in [-0.2, 0) is 12.8 Å². The molecule has 1 aromatic rings. The van der Waals surface area contributed by atoms with Gasteiger partial charge >= 0.3 is 0 Å². The van der Waals surface area contributed by atoms with Gasteiger partial charge in [-0.05, 0) is 25.7 Å². The smallest absolute Gasteiger partial charge is 0.227 e. The van der Waals surface area contributed by atoms with E-state index in [9.17, 15) is 0 Å². The lowest BCUT2D eigenvalue weighted by Crippen LogP contribution is -2.18. The van der Waals surface area contributed by atoms with Gasteiger partial charge in [-0.15, -0.1) is 0 Å². The second-order valence-electron chi connectivity index (χ2n) is 3.94. The molecule has 4 nitrogen and oxygen atoms in total. The van der Waals surface area contributed by atoms with Crippen molar-refractivity contribution in [3.8, 4) is 0 Å². The third-order valence-corrected chi connectivity index (χ3v) is 2.60. The van der Waals surface area contributed by atoms with Gasteiger partial charge in [0.25, 0.3) is 0 Å². The lowest BCUT2D eigenvalue weighted by Gasteiger charge is -2.19. The van der Waals surface area contributed by atoms with Crippen LogP contribution in [0.2, 0.25) is 0 Å². The molecule has 0 fully saturated rings. The highest BCUT2D eigenvalue weighted by atomic mass is 15.2. The average Bonchev–Trinajstić information content (AvgIpc) is 2.17. The summed E-state index contributed by atoms with van der Waals surface area (Å²) in [5, 5.41) is 0. The number of fused-ring (bicyclic) bond motifs is 1. The maximum atomic E-state index is 5.90. The van der Waals surface area contributed by atoms with E-state index in [0.29, 0.717) is 5.82 Å². The molecule has 1 aliphatic carbocycles. The molecule has 0 bridgehead atoms. The molecule has 0 amide bonds. The minimum absolute atomic E-state index is 0.665. The number of anilines is 2. The molecule has 0 unspecified atom stereocenters. The molecule has 2 N–H and O–H groups in total. The van der Waals surface area contributed by atoms with Crippen molar-refractivity contribution in [1.82, 2.24) is 9.97 Å². The molecule has 1 aliphatic rings. The maximum absolute atomic E-state index is 5.90. The summed E-state index contributed by atoms with van der Waals surface area (Å²) in [7, 11) is 3.87. The number of hydrogen-bond acceptors (Lipinski definition) is 4. The van der Waals surface area contributed by atoms with Crippen LogP contribution in [0.3, 0.4) is 0 Å².